The van der Waals surface area contributed by atoms with Crippen LogP contribution in [-0.2, 0) is 9.59 Å². The van der Waals surface area contributed by atoms with E-state index in [-0.39, 0.29) is 17.7 Å². The number of likely N-dealkylation sites (N-methyl/N-ethyl adjacent to an activating group) is 1. The number of carbonyl (C=O) groups is 2. The molecule has 0 saturated carbocycles. The van der Waals surface area contributed by atoms with Crippen molar-refractivity contribution in [2.24, 2.45) is 0 Å². The summed E-state index contributed by atoms with van der Waals surface area (Å²) >= 11 is 0. The summed E-state index contributed by atoms with van der Waals surface area (Å²) in [6.45, 7) is 2.00. The van der Waals surface area contributed by atoms with Crippen molar-refractivity contribution in [1.82, 2.24) is 4.90 Å². The van der Waals surface area contributed by atoms with Gasteiger partial charge >= 0.3 is 0 Å². The molecule has 1 saturated heterocycles. The number of aryl methyl sites for hydroxylation is 1. The monoisotopic (exact) mass is 203 g/mol. The first kappa shape index (κ1) is 9.90. The Morgan fingerprint density at radius 3 is 2.27 bits per heavy atom. The summed E-state index contributed by atoms with van der Waals surface area (Å²) in [4.78, 5) is 24.3. The molecule has 1 aromatic carbocycles. The second-order valence-electron chi connectivity index (χ2n) is 3.96. The summed E-state index contributed by atoms with van der Waals surface area (Å²) in [6.07, 6.45) is 0.304. The Morgan fingerprint density at radius 1 is 1.20 bits per heavy atom. The summed E-state index contributed by atoms with van der Waals surface area (Å²) in [5.74, 6) is -0.461. The quantitative estimate of drug-likeness (QED) is 0.648. The van der Waals surface area contributed by atoms with Crippen molar-refractivity contribution < 1.29 is 9.59 Å². The summed E-state index contributed by atoms with van der Waals surface area (Å²) in [7, 11) is 1.54. The van der Waals surface area contributed by atoms with E-state index in [1.165, 1.54) is 4.90 Å². The Hall–Kier alpha value is -1.64. The molecule has 3 heteroatoms. The zero-order chi connectivity index (χ0) is 11.0. The van der Waals surface area contributed by atoms with Gasteiger partial charge < -0.3 is 0 Å². The number of carbonyl (C=O) groups excluding carboxylic acids is 2. The number of benzene rings is 1. The van der Waals surface area contributed by atoms with Crippen LogP contribution >= 0.6 is 0 Å². The van der Waals surface area contributed by atoms with Crippen LogP contribution in [0.15, 0.2) is 24.3 Å². The number of hydrogen-bond acceptors (Lipinski definition) is 2. The zero-order valence-electron chi connectivity index (χ0n) is 8.86. The Kier molecular flexibility index (Phi) is 2.31. The van der Waals surface area contributed by atoms with Crippen molar-refractivity contribution in [1.29, 1.82) is 0 Å². The highest BCUT2D eigenvalue weighted by Gasteiger charge is 2.36. The molecular weight excluding hydrogens is 190 g/mol. The summed E-state index contributed by atoms with van der Waals surface area (Å²) < 4.78 is 0. The highest BCUT2D eigenvalue weighted by molar-refractivity contribution is 6.05. The minimum Gasteiger partial charge on any atom is -0.285 e. The van der Waals surface area contributed by atoms with E-state index in [1.54, 1.807) is 7.05 Å². The van der Waals surface area contributed by atoms with Crippen molar-refractivity contribution >= 4 is 11.8 Å². The third kappa shape index (κ3) is 1.65. The first-order chi connectivity index (χ1) is 7.09. The molecular formula is C12H13NO2. The van der Waals surface area contributed by atoms with E-state index in [2.05, 4.69) is 0 Å². The third-order valence-electron chi connectivity index (χ3n) is 2.86. The Morgan fingerprint density at radius 2 is 1.80 bits per heavy atom. The maximum absolute atomic E-state index is 11.7. The molecule has 0 N–H and O–H groups in total. The van der Waals surface area contributed by atoms with Crippen molar-refractivity contribution in [2.75, 3.05) is 7.05 Å². The lowest BCUT2D eigenvalue weighted by molar-refractivity contribution is -0.137. The fraction of sp³-hybridized carbons (Fsp3) is 0.333. The van der Waals surface area contributed by atoms with Gasteiger partial charge in [-0.2, -0.15) is 0 Å². The van der Waals surface area contributed by atoms with Crippen LogP contribution in [0.5, 0.6) is 0 Å². The van der Waals surface area contributed by atoms with Gasteiger partial charge in [0.15, 0.2) is 0 Å². The van der Waals surface area contributed by atoms with Crippen LogP contribution in [0.2, 0.25) is 0 Å². The van der Waals surface area contributed by atoms with Crippen LogP contribution in [0.1, 0.15) is 23.5 Å². The number of nitrogens with zero attached hydrogens (tertiary/aromatic N) is 1. The van der Waals surface area contributed by atoms with Gasteiger partial charge in [-0.1, -0.05) is 29.8 Å². The summed E-state index contributed by atoms with van der Waals surface area (Å²) in [5, 5.41) is 0. The fourth-order valence-corrected chi connectivity index (χ4v) is 1.81. The number of rotatable bonds is 1. The van der Waals surface area contributed by atoms with Gasteiger partial charge in [0.05, 0.1) is 5.92 Å². The summed E-state index contributed by atoms with van der Waals surface area (Å²) in [5.41, 5.74) is 2.09. The van der Waals surface area contributed by atoms with Gasteiger partial charge in [0.1, 0.15) is 0 Å². The van der Waals surface area contributed by atoms with Gasteiger partial charge in [0.25, 0.3) is 0 Å². The third-order valence-corrected chi connectivity index (χ3v) is 2.86. The molecule has 1 heterocycles. The van der Waals surface area contributed by atoms with Crippen LogP contribution in [-0.4, -0.2) is 23.8 Å². The molecule has 1 aliphatic heterocycles. The van der Waals surface area contributed by atoms with Gasteiger partial charge in [-0.15, -0.1) is 0 Å². The topological polar surface area (TPSA) is 37.4 Å². The second-order valence-corrected chi connectivity index (χ2v) is 3.96. The van der Waals surface area contributed by atoms with Crippen molar-refractivity contribution in [3.05, 3.63) is 35.4 Å². The molecule has 3 nitrogen and oxygen atoms in total. The predicted molar refractivity (Wildman–Crippen MR) is 56.3 cm³/mol. The SMILES string of the molecule is Cc1ccc([C@@H]2CC(=O)N(C)C2=O)cc1. The van der Waals surface area contributed by atoms with Crippen LogP contribution in [0.25, 0.3) is 0 Å². The molecule has 0 aliphatic carbocycles. The van der Waals surface area contributed by atoms with Crippen LogP contribution in [0.4, 0.5) is 0 Å². The minimum atomic E-state index is -0.275. The van der Waals surface area contributed by atoms with Crippen LogP contribution in [0, 0.1) is 6.92 Å². The van der Waals surface area contributed by atoms with E-state index in [1.807, 2.05) is 31.2 Å². The molecule has 2 rings (SSSR count). The molecule has 0 bridgehead atoms. The number of hydrogen-bond donors (Lipinski definition) is 0. The lowest BCUT2D eigenvalue weighted by Crippen LogP contribution is -2.25. The lowest BCUT2D eigenvalue weighted by Gasteiger charge is -2.09. The molecule has 0 aromatic heterocycles. The predicted octanol–water partition coefficient (Wildman–Crippen LogP) is 1.47. The van der Waals surface area contributed by atoms with Gasteiger partial charge in [-0.25, -0.2) is 0 Å². The van der Waals surface area contributed by atoms with E-state index in [0.717, 1.165) is 11.1 Å². The molecule has 0 radical (unpaired) electrons. The van der Waals surface area contributed by atoms with Gasteiger partial charge in [0, 0.05) is 13.5 Å². The van der Waals surface area contributed by atoms with Crippen molar-refractivity contribution in [2.45, 2.75) is 19.3 Å². The Balaban J connectivity index is 2.29. The Labute approximate surface area is 88.7 Å². The van der Waals surface area contributed by atoms with Gasteiger partial charge in [0.2, 0.25) is 11.8 Å². The molecule has 78 valence electrons. The first-order valence-corrected chi connectivity index (χ1v) is 4.96. The molecule has 0 unspecified atom stereocenters. The molecule has 1 aliphatic rings. The number of amides is 2. The maximum atomic E-state index is 11.7. The van der Waals surface area contributed by atoms with E-state index < -0.39 is 0 Å². The van der Waals surface area contributed by atoms with Crippen molar-refractivity contribution in [3.63, 3.8) is 0 Å². The van der Waals surface area contributed by atoms with Crippen molar-refractivity contribution in [3.8, 4) is 0 Å². The highest BCUT2D eigenvalue weighted by Crippen LogP contribution is 2.28. The fourth-order valence-electron chi connectivity index (χ4n) is 1.81. The van der Waals surface area contributed by atoms with Gasteiger partial charge in [-0.05, 0) is 12.5 Å². The average Bonchev–Trinajstić information content (AvgIpc) is 2.47. The number of imide groups is 1. The molecule has 2 amide bonds. The second kappa shape index (κ2) is 3.50. The zero-order valence-corrected chi connectivity index (χ0v) is 8.86. The molecule has 1 aromatic rings. The van der Waals surface area contributed by atoms with Gasteiger partial charge in [-0.3, -0.25) is 14.5 Å². The molecule has 15 heavy (non-hydrogen) atoms. The molecule has 1 fully saturated rings. The van der Waals surface area contributed by atoms with E-state index in [4.69, 9.17) is 0 Å². The largest absolute Gasteiger partial charge is 0.285 e. The molecule has 0 spiro atoms. The average molecular weight is 203 g/mol. The highest BCUT2D eigenvalue weighted by atomic mass is 16.2. The smallest absolute Gasteiger partial charge is 0.236 e. The number of likely N-dealkylation sites (tertiary alicyclic amines) is 1. The first-order valence-electron chi connectivity index (χ1n) is 4.96. The maximum Gasteiger partial charge on any atom is 0.236 e. The Bertz CT molecular complexity index is 408. The standard InChI is InChI=1S/C12H13NO2/c1-8-3-5-9(6-4-8)10-7-11(14)13(2)12(10)15/h3-6,10H,7H2,1-2H3/t10-/m0/s1. The van der Waals surface area contributed by atoms with Crippen LogP contribution in [0.3, 0.4) is 0 Å². The molecule has 1 atom stereocenters. The van der Waals surface area contributed by atoms with E-state index in [9.17, 15) is 9.59 Å². The van der Waals surface area contributed by atoms with E-state index in [0.29, 0.717) is 6.42 Å². The van der Waals surface area contributed by atoms with E-state index >= 15 is 0 Å². The minimum absolute atomic E-state index is 0.0921. The van der Waals surface area contributed by atoms with Crippen LogP contribution < -0.4 is 0 Å². The summed E-state index contributed by atoms with van der Waals surface area (Å²) in [6, 6.07) is 7.77. The normalized spacial score (nSPS) is 21.2. The lowest BCUT2D eigenvalue weighted by atomic mass is 9.97.